The Hall–Kier alpha value is -2.41. The molecule has 7 nitrogen and oxygen atoms in total. The zero-order valence-corrected chi connectivity index (χ0v) is 10.8. The maximum absolute atomic E-state index is 11.8. The lowest BCUT2D eigenvalue weighted by atomic mass is 10.2. The molecule has 0 unspecified atom stereocenters. The van der Waals surface area contributed by atoms with E-state index in [-0.39, 0.29) is 32.0 Å². The van der Waals surface area contributed by atoms with E-state index in [0.29, 0.717) is 10.9 Å². The third kappa shape index (κ3) is 2.94. The Morgan fingerprint density at radius 1 is 1.30 bits per heavy atom. The summed E-state index contributed by atoms with van der Waals surface area (Å²) in [7, 11) is 0. The van der Waals surface area contributed by atoms with E-state index in [1.54, 1.807) is 24.3 Å². The SMILES string of the molecule is O=C(CCn1c(=O)[nH]c(=O)c2ccccc21)NCCO. The number of rotatable bonds is 5. The Labute approximate surface area is 113 Å². The average Bonchev–Trinajstić information content (AvgIpc) is 2.45. The van der Waals surface area contributed by atoms with Gasteiger partial charge in [0.15, 0.2) is 0 Å². The first-order valence-corrected chi connectivity index (χ1v) is 6.23. The molecule has 0 aliphatic heterocycles. The predicted octanol–water partition coefficient (Wildman–Crippen LogP) is -0.812. The highest BCUT2D eigenvalue weighted by Gasteiger charge is 2.08. The summed E-state index contributed by atoms with van der Waals surface area (Å²) in [5, 5.41) is 11.5. The number of carbonyl (C=O) groups excluding carboxylic acids is 1. The number of benzene rings is 1. The van der Waals surface area contributed by atoms with Crippen molar-refractivity contribution >= 4 is 16.8 Å². The Balaban J connectivity index is 2.28. The Kier molecular flexibility index (Phi) is 4.31. The van der Waals surface area contributed by atoms with Crippen LogP contribution in [0.15, 0.2) is 33.9 Å². The van der Waals surface area contributed by atoms with E-state index in [1.165, 1.54) is 4.57 Å². The van der Waals surface area contributed by atoms with Crippen molar-refractivity contribution in [3.63, 3.8) is 0 Å². The number of nitrogens with zero attached hydrogens (tertiary/aromatic N) is 1. The van der Waals surface area contributed by atoms with E-state index < -0.39 is 11.2 Å². The summed E-state index contributed by atoms with van der Waals surface area (Å²) in [6, 6.07) is 6.72. The Morgan fingerprint density at radius 2 is 2.05 bits per heavy atom. The van der Waals surface area contributed by atoms with Gasteiger partial charge in [-0.1, -0.05) is 12.1 Å². The molecule has 0 radical (unpaired) electrons. The highest BCUT2D eigenvalue weighted by Crippen LogP contribution is 2.06. The van der Waals surface area contributed by atoms with Crippen molar-refractivity contribution in [1.82, 2.24) is 14.9 Å². The molecule has 0 saturated carbocycles. The van der Waals surface area contributed by atoms with Crippen LogP contribution < -0.4 is 16.6 Å². The van der Waals surface area contributed by atoms with E-state index in [4.69, 9.17) is 5.11 Å². The Bertz CT molecular complexity index is 732. The number of fused-ring (bicyclic) bond motifs is 1. The first kappa shape index (κ1) is 14.0. The molecule has 20 heavy (non-hydrogen) atoms. The summed E-state index contributed by atoms with van der Waals surface area (Å²) >= 11 is 0. The van der Waals surface area contributed by atoms with Crippen LogP contribution >= 0.6 is 0 Å². The molecule has 3 N–H and O–H groups in total. The molecule has 1 heterocycles. The zero-order chi connectivity index (χ0) is 14.5. The molecular weight excluding hydrogens is 262 g/mol. The van der Waals surface area contributed by atoms with Crippen molar-refractivity contribution in [2.75, 3.05) is 13.2 Å². The minimum Gasteiger partial charge on any atom is -0.395 e. The van der Waals surface area contributed by atoms with Crippen LogP contribution in [0.25, 0.3) is 10.9 Å². The first-order chi connectivity index (χ1) is 9.63. The largest absolute Gasteiger partial charge is 0.395 e. The molecule has 0 spiro atoms. The molecule has 1 amide bonds. The van der Waals surface area contributed by atoms with Crippen LogP contribution in [-0.4, -0.2) is 33.7 Å². The molecule has 0 aliphatic rings. The maximum atomic E-state index is 11.8. The number of aliphatic hydroxyl groups excluding tert-OH is 1. The summed E-state index contributed by atoms with van der Waals surface area (Å²) in [5.41, 5.74) is -0.480. The van der Waals surface area contributed by atoms with Gasteiger partial charge < -0.3 is 10.4 Å². The summed E-state index contributed by atoms with van der Waals surface area (Å²) in [4.78, 5) is 37.2. The van der Waals surface area contributed by atoms with Crippen molar-refractivity contribution in [3.8, 4) is 0 Å². The number of amides is 1. The summed E-state index contributed by atoms with van der Waals surface area (Å²) in [6.45, 7) is 0.209. The number of aryl methyl sites for hydroxylation is 1. The molecule has 0 bridgehead atoms. The minimum absolute atomic E-state index is 0.0932. The number of aromatic nitrogens is 2. The van der Waals surface area contributed by atoms with Crippen LogP contribution in [0.3, 0.4) is 0 Å². The number of aromatic amines is 1. The van der Waals surface area contributed by atoms with E-state index in [2.05, 4.69) is 10.3 Å². The van der Waals surface area contributed by atoms with Gasteiger partial charge in [0.2, 0.25) is 5.91 Å². The van der Waals surface area contributed by atoms with Crippen molar-refractivity contribution in [3.05, 3.63) is 45.1 Å². The molecule has 7 heteroatoms. The van der Waals surface area contributed by atoms with Crippen molar-refractivity contribution in [2.24, 2.45) is 0 Å². The molecule has 1 aromatic heterocycles. The van der Waals surface area contributed by atoms with Crippen LogP contribution in [0.1, 0.15) is 6.42 Å². The summed E-state index contributed by atoms with van der Waals surface area (Å²) in [5.74, 6) is -0.263. The van der Waals surface area contributed by atoms with E-state index in [0.717, 1.165) is 0 Å². The normalized spacial score (nSPS) is 10.7. The molecule has 0 fully saturated rings. The van der Waals surface area contributed by atoms with Gasteiger partial charge in [-0.05, 0) is 12.1 Å². The second-order valence-corrected chi connectivity index (χ2v) is 4.25. The van der Waals surface area contributed by atoms with Crippen molar-refractivity contribution < 1.29 is 9.90 Å². The number of nitrogens with one attached hydrogen (secondary N) is 2. The molecule has 2 rings (SSSR count). The first-order valence-electron chi connectivity index (χ1n) is 6.23. The van der Waals surface area contributed by atoms with Gasteiger partial charge in [-0.25, -0.2) is 4.79 Å². The molecule has 0 aliphatic carbocycles. The van der Waals surface area contributed by atoms with Gasteiger partial charge in [0.05, 0.1) is 17.5 Å². The van der Waals surface area contributed by atoms with E-state index >= 15 is 0 Å². The topological polar surface area (TPSA) is 104 Å². The molecule has 0 atom stereocenters. The van der Waals surface area contributed by atoms with Gasteiger partial charge in [-0.3, -0.25) is 19.1 Å². The molecule has 2 aromatic rings. The number of para-hydroxylation sites is 1. The summed E-state index contributed by atoms with van der Waals surface area (Å²) in [6.07, 6.45) is 0.0932. The second kappa shape index (κ2) is 6.16. The van der Waals surface area contributed by atoms with Crippen molar-refractivity contribution in [2.45, 2.75) is 13.0 Å². The van der Waals surface area contributed by atoms with Gasteiger partial charge in [-0.2, -0.15) is 0 Å². The predicted molar refractivity (Wildman–Crippen MR) is 73.5 cm³/mol. The van der Waals surface area contributed by atoms with E-state index in [9.17, 15) is 14.4 Å². The number of H-pyrrole nitrogens is 1. The molecule has 0 saturated heterocycles. The fourth-order valence-corrected chi connectivity index (χ4v) is 1.96. The van der Waals surface area contributed by atoms with Crippen LogP contribution in [0, 0.1) is 0 Å². The van der Waals surface area contributed by atoms with Crippen LogP contribution in [0.4, 0.5) is 0 Å². The van der Waals surface area contributed by atoms with Gasteiger partial charge in [0.1, 0.15) is 0 Å². The van der Waals surface area contributed by atoms with Crippen LogP contribution in [-0.2, 0) is 11.3 Å². The monoisotopic (exact) mass is 277 g/mol. The number of hydrogen-bond donors (Lipinski definition) is 3. The highest BCUT2D eigenvalue weighted by molar-refractivity contribution is 5.78. The van der Waals surface area contributed by atoms with Gasteiger partial charge in [0.25, 0.3) is 5.56 Å². The van der Waals surface area contributed by atoms with Gasteiger partial charge in [0, 0.05) is 19.5 Å². The number of aliphatic hydroxyl groups is 1. The van der Waals surface area contributed by atoms with Gasteiger partial charge in [-0.15, -0.1) is 0 Å². The third-order valence-corrected chi connectivity index (χ3v) is 2.90. The highest BCUT2D eigenvalue weighted by atomic mass is 16.3. The lowest BCUT2D eigenvalue weighted by molar-refractivity contribution is -0.121. The second-order valence-electron chi connectivity index (χ2n) is 4.25. The van der Waals surface area contributed by atoms with Crippen LogP contribution in [0.5, 0.6) is 0 Å². The maximum Gasteiger partial charge on any atom is 0.328 e. The molecule has 106 valence electrons. The van der Waals surface area contributed by atoms with Crippen molar-refractivity contribution in [1.29, 1.82) is 0 Å². The fraction of sp³-hybridized carbons (Fsp3) is 0.308. The minimum atomic E-state index is -0.538. The fourth-order valence-electron chi connectivity index (χ4n) is 1.96. The molecular formula is C13H15N3O4. The third-order valence-electron chi connectivity index (χ3n) is 2.90. The van der Waals surface area contributed by atoms with E-state index in [1.807, 2.05) is 0 Å². The van der Waals surface area contributed by atoms with Crippen LogP contribution in [0.2, 0.25) is 0 Å². The Morgan fingerprint density at radius 3 is 2.80 bits per heavy atom. The molecule has 1 aromatic carbocycles. The quantitative estimate of drug-likeness (QED) is 0.664. The standard InChI is InChI=1S/C13H15N3O4/c17-8-6-14-11(18)5-7-16-10-4-2-1-3-9(10)12(19)15-13(16)20/h1-4,17H,5-8H2,(H,14,18)(H,15,19,20). The zero-order valence-electron chi connectivity index (χ0n) is 10.8. The number of hydrogen-bond acceptors (Lipinski definition) is 4. The summed E-state index contributed by atoms with van der Waals surface area (Å²) < 4.78 is 1.36. The lowest BCUT2D eigenvalue weighted by Crippen LogP contribution is -2.33. The smallest absolute Gasteiger partial charge is 0.328 e. The average molecular weight is 277 g/mol. The van der Waals surface area contributed by atoms with Gasteiger partial charge >= 0.3 is 5.69 Å². The number of carbonyl (C=O) groups is 1. The lowest BCUT2D eigenvalue weighted by Gasteiger charge is -2.09.